The van der Waals surface area contributed by atoms with Crippen LogP contribution in [0.25, 0.3) is 22.4 Å². The zero-order valence-electron chi connectivity index (χ0n) is 14.1. The van der Waals surface area contributed by atoms with E-state index in [1.165, 1.54) is 0 Å². The van der Waals surface area contributed by atoms with Crippen LogP contribution in [0.3, 0.4) is 0 Å². The predicted molar refractivity (Wildman–Crippen MR) is 104 cm³/mol. The molecule has 5 heteroatoms. The molecular weight excluding hydrogens is 342 g/mol. The molecule has 0 saturated heterocycles. The lowest BCUT2D eigenvalue weighted by Crippen LogP contribution is -2.05. The van der Waals surface area contributed by atoms with Gasteiger partial charge in [0.05, 0.1) is 11.9 Å². The number of aromatic nitrogens is 3. The van der Waals surface area contributed by atoms with Crippen molar-refractivity contribution in [1.82, 2.24) is 15.2 Å². The van der Waals surface area contributed by atoms with Gasteiger partial charge in [-0.05, 0) is 51.7 Å². The van der Waals surface area contributed by atoms with Gasteiger partial charge in [0.15, 0.2) is 0 Å². The Kier molecular flexibility index (Phi) is 4.71. The van der Waals surface area contributed by atoms with Crippen molar-refractivity contribution in [2.75, 3.05) is 0 Å². The lowest BCUT2D eigenvalue weighted by molar-refractivity contribution is -0.117. The smallest absolute Gasteiger partial charge is 0.141 e. The van der Waals surface area contributed by atoms with Crippen molar-refractivity contribution in [3.05, 3.63) is 82.9 Å². The van der Waals surface area contributed by atoms with E-state index in [1.807, 2.05) is 53.4 Å². The molecule has 0 saturated carbocycles. The van der Waals surface area contributed by atoms with E-state index in [0.29, 0.717) is 12.8 Å². The Morgan fingerprint density at radius 3 is 2.65 bits per heavy atom. The molecule has 0 bridgehead atoms. The highest BCUT2D eigenvalue weighted by atomic mass is 32.1. The number of hydrogen-bond acceptors (Lipinski definition) is 4. The standard InChI is InChI=1S/C21H17N3OS/c25-19(12-16-6-9-26-14-16)11-15-2-1-3-18(10-15)21-20(13-23-24-21)17-4-7-22-8-5-17/h1-10,13-14H,11-12H2,(H,23,24). The molecule has 4 aromatic rings. The molecule has 0 aliphatic carbocycles. The largest absolute Gasteiger partial charge is 0.299 e. The quantitative estimate of drug-likeness (QED) is 0.549. The summed E-state index contributed by atoms with van der Waals surface area (Å²) in [7, 11) is 0. The number of thiophene rings is 1. The zero-order valence-corrected chi connectivity index (χ0v) is 14.9. The summed E-state index contributed by atoms with van der Waals surface area (Å²) in [6.07, 6.45) is 6.28. The highest BCUT2D eigenvalue weighted by Crippen LogP contribution is 2.30. The fraction of sp³-hybridized carbons (Fsp3) is 0.0952. The van der Waals surface area contributed by atoms with Gasteiger partial charge in [0.2, 0.25) is 0 Å². The van der Waals surface area contributed by atoms with Gasteiger partial charge >= 0.3 is 0 Å². The normalized spacial score (nSPS) is 10.8. The number of nitrogens with one attached hydrogen (secondary N) is 1. The van der Waals surface area contributed by atoms with E-state index < -0.39 is 0 Å². The summed E-state index contributed by atoms with van der Waals surface area (Å²) in [6.45, 7) is 0. The Hall–Kier alpha value is -3.05. The second kappa shape index (κ2) is 7.45. The van der Waals surface area contributed by atoms with Crippen LogP contribution in [0.5, 0.6) is 0 Å². The van der Waals surface area contributed by atoms with E-state index in [1.54, 1.807) is 23.7 Å². The Balaban J connectivity index is 1.57. The lowest BCUT2D eigenvalue weighted by atomic mass is 9.98. The summed E-state index contributed by atoms with van der Waals surface area (Å²) in [5.74, 6) is 0.222. The van der Waals surface area contributed by atoms with Crippen LogP contribution in [-0.2, 0) is 17.6 Å². The van der Waals surface area contributed by atoms with Crippen LogP contribution in [0.2, 0.25) is 0 Å². The van der Waals surface area contributed by atoms with Gasteiger partial charge in [-0.2, -0.15) is 16.4 Å². The number of benzene rings is 1. The van der Waals surface area contributed by atoms with E-state index in [9.17, 15) is 4.79 Å². The van der Waals surface area contributed by atoms with E-state index in [0.717, 1.165) is 33.5 Å². The highest BCUT2D eigenvalue weighted by Gasteiger charge is 2.11. The third kappa shape index (κ3) is 3.63. The van der Waals surface area contributed by atoms with E-state index in [2.05, 4.69) is 21.2 Å². The minimum atomic E-state index is 0.222. The molecular formula is C21H17N3OS. The van der Waals surface area contributed by atoms with Crippen molar-refractivity contribution in [2.45, 2.75) is 12.8 Å². The van der Waals surface area contributed by atoms with Crippen LogP contribution >= 0.6 is 11.3 Å². The second-order valence-corrected chi connectivity index (χ2v) is 6.90. The summed E-state index contributed by atoms with van der Waals surface area (Å²) >= 11 is 1.62. The fourth-order valence-electron chi connectivity index (χ4n) is 3.00. The molecule has 0 amide bonds. The molecule has 3 aromatic heterocycles. The molecule has 0 aliphatic rings. The number of nitrogens with zero attached hydrogens (tertiary/aromatic N) is 2. The maximum Gasteiger partial charge on any atom is 0.141 e. The Labute approximate surface area is 155 Å². The molecule has 0 spiro atoms. The molecule has 1 aromatic carbocycles. The first kappa shape index (κ1) is 16.4. The third-order valence-electron chi connectivity index (χ3n) is 4.23. The molecule has 0 unspecified atom stereocenters. The predicted octanol–water partition coefficient (Wildman–Crippen LogP) is 4.55. The number of ketones is 1. The van der Waals surface area contributed by atoms with Crippen LogP contribution in [0.15, 0.2) is 71.8 Å². The van der Waals surface area contributed by atoms with Crippen LogP contribution in [0.1, 0.15) is 11.1 Å². The number of aromatic amines is 1. The van der Waals surface area contributed by atoms with E-state index >= 15 is 0 Å². The first-order chi connectivity index (χ1) is 12.8. The average Bonchev–Trinajstić information content (AvgIpc) is 3.34. The molecule has 0 atom stereocenters. The van der Waals surface area contributed by atoms with Crippen LogP contribution < -0.4 is 0 Å². The minimum Gasteiger partial charge on any atom is -0.299 e. The molecule has 3 heterocycles. The highest BCUT2D eigenvalue weighted by molar-refractivity contribution is 7.08. The molecule has 0 radical (unpaired) electrons. The second-order valence-electron chi connectivity index (χ2n) is 6.12. The van der Waals surface area contributed by atoms with Crippen molar-refractivity contribution in [3.8, 4) is 22.4 Å². The lowest BCUT2D eigenvalue weighted by Gasteiger charge is -2.06. The average molecular weight is 359 g/mol. The summed E-state index contributed by atoms with van der Waals surface area (Å²) in [4.78, 5) is 16.4. The molecule has 0 fully saturated rings. The first-order valence-electron chi connectivity index (χ1n) is 8.35. The Morgan fingerprint density at radius 2 is 1.85 bits per heavy atom. The molecule has 0 aliphatic heterocycles. The van der Waals surface area contributed by atoms with Gasteiger partial charge in [0, 0.05) is 36.4 Å². The van der Waals surface area contributed by atoms with E-state index in [4.69, 9.17) is 0 Å². The van der Waals surface area contributed by atoms with Crippen LogP contribution in [-0.4, -0.2) is 21.0 Å². The zero-order chi connectivity index (χ0) is 17.8. The fourth-order valence-corrected chi connectivity index (χ4v) is 3.67. The molecule has 4 rings (SSSR count). The summed E-state index contributed by atoms with van der Waals surface area (Å²) in [5.41, 5.74) is 6.15. The number of Topliss-reactive ketones (excluding diaryl/α,β-unsaturated/α-hetero) is 1. The number of pyridine rings is 1. The Bertz CT molecular complexity index is 1010. The molecule has 1 N–H and O–H groups in total. The maximum absolute atomic E-state index is 12.3. The Morgan fingerprint density at radius 1 is 1.00 bits per heavy atom. The van der Waals surface area contributed by atoms with Gasteiger partial charge < -0.3 is 0 Å². The van der Waals surface area contributed by atoms with Crippen molar-refractivity contribution in [1.29, 1.82) is 0 Å². The number of carbonyl (C=O) groups excluding carboxylic acids is 1. The topological polar surface area (TPSA) is 58.6 Å². The van der Waals surface area contributed by atoms with Crippen molar-refractivity contribution >= 4 is 17.1 Å². The van der Waals surface area contributed by atoms with Gasteiger partial charge in [0.25, 0.3) is 0 Å². The molecule has 4 nitrogen and oxygen atoms in total. The van der Waals surface area contributed by atoms with Gasteiger partial charge in [-0.25, -0.2) is 0 Å². The van der Waals surface area contributed by atoms with Crippen LogP contribution in [0.4, 0.5) is 0 Å². The van der Waals surface area contributed by atoms with Crippen LogP contribution in [0, 0.1) is 0 Å². The minimum absolute atomic E-state index is 0.222. The van der Waals surface area contributed by atoms with E-state index in [-0.39, 0.29) is 5.78 Å². The van der Waals surface area contributed by atoms with Gasteiger partial charge in [-0.15, -0.1) is 0 Å². The van der Waals surface area contributed by atoms with Crippen molar-refractivity contribution < 1.29 is 4.79 Å². The maximum atomic E-state index is 12.3. The summed E-state index contributed by atoms with van der Waals surface area (Å²) in [6, 6.07) is 14.0. The number of carbonyl (C=O) groups is 1. The first-order valence-corrected chi connectivity index (χ1v) is 9.30. The summed E-state index contributed by atoms with van der Waals surface area (Å²) < 4.78 is 0. The number of H-pyrrole nitrogens is 1. The number of hydrogen-bond donors (Lipinski definition) is 1. The third-order valence-corrected chi connectivity index (χ3v) is 4.96. The summed E-state index contributed by atoms with van der Waals surface area (Å²) in [5, 5.41) is 11.3. The monoisotopic (exact) mass is 359 g/mol. The van der Waals surface area contributed by atoms with Gasteiger partial charge in [0.1, 0.15) is 5.78 Å². The number of rotatable bonds is 6. The molecule has 26 heavy (non-hydrogen) atoms. The van der Waals surface area contributed by atoms with Gasteiger partial charge in [-0.1, -0.05) is 18.2 Å². The van der Waals surface area contributed by atoms with Crippen molar-refractivity contribution in [2.24, 2.45) is 0 Å². The SMILES string of the molecule is O=C(Cc1ccsc1)Cc1cccc(-c2[nH]ncc2-c2ccncc2)c1. The van der Waals surface area contributed by atoms with Gasteiger partial charge in [-0.3, -0.25) is 14.9 Å². The van der Waals surface area contributed by atoms with Crippen molar-refractivity contribution in [3.63, 3.8) is 0 Å². The molecule has 128 valence electrons.